The van der Waals surface area contributed by atoms with Crippen molar-refractivity contribution in [3.63, 3.8) is 0 Å². The van der Waals surface area contributed by atoms with E-state index in [-0.39, 0.29) is 114 Å². The highest BCUT2D eigenvalue weighted by molar-refractivity contribution is 7.81. The molecule has 18 amide bonds. The monoisotopic (exact) mass is 1910 g/mol. The molecule has 0 radical (unpaired) electrons. The molecule has 46 nitrogen and oxygen atoms in total. The zero-order chi connectivity index (χ0) is 99.4. The number of nitrogens with zero attached hydrogens (tertiary/aromatic N) is 4. The molecule has 4 aromatic rings. The van der Waals surface area contributed by atoms with Gasteiger partial charge in [0.05, 0.1) is 44.5 Å². The number of phenolic OH excluding ortho intramolecular Hbond substituents is 1. The van der Waals surface area contributed by atoms with Crippen molar-refractivity contribution >= 4 is 144 Å². The fraction of sp³-hybridized carbons (Fsp3) is 0.523. The second-order valence-electron chi connectivity index (χ2n) is 34.0. The van der Waals surface area contributed by atoms with Gasteiger partial charge in [0.1, 0.15) is 83.8 Å². The van der Waals surface area contributed by atoms with E-state index in [1.807, 2.05) is 0 Å². The molecule has 3 heterocycles. The number of aliphatic carboxylic acids is 1. The zero-order valence-corrected chi connectivity index (χ0v) is 77.2. The Labute approximate surface area is 783 Å². The Morgan fingerprint density at radius 2 is 1.04 bits per heavy atom. The van der Waals surface area contributed by atoms with E-state index < -0.39 is 239 Å². The summed E-state index contributed by atoms with van der Waals surface area (Å²) in [6.45, 7) is 7.79. The Bertz CT molecular complexity index is 4810. The summed E-state index contributed by atoms with van der Waals surface area (Å²) in [6, 6.07) is 3.11. The molecule has 6 rings (SSSR count). The predicted octanol–water partition coefficient (Wildman–Crippen LogP) is -6.87. The van der Waals surface area contributed by atoms with Crippen LogP contribution < -0.4 is 103 Å². The third kappa shape index (κ3) is 35.9. The van der Waals surface area contributed by atoms with Gasteiger partial charge in [0, 0.05) is 74.1 Å². The SMILES string of the molecule is CC(C)C[C@H](NC(=O)C(C)(C)NC(=O)CNC(=O)[C@H](Cc1ccccc1)NC(=O)[C@H](Cc1cnc[nH]1)NC(=O)CNC(=O)[C@@H](NC(=O)[C@@H](NC(=O)[C@H](Cc1ccccc1)NC(=O)[C@H](CCCN=C(N)N)NC(=O)[C@@H](N)CCC(N)=O)C(C)(C)S)[C@@H](C)O)C(=O)N[C@@H](Cc1ccc(O)cc1)C(=O)N1CCC[C@H]1C(=O)N[C@@H](CS)C(=O)N[C@@H](CC(N)=O)C(=O)NCC(=O)N1CCC[C@H]1C(=O)O. The summed E-state index contributed by atoms with van der Waals surface area (Å²) in [7, 11) is 0. The Balaban J connectivity index is 1.11. The number of phenols is 1. The highest BCUT2D eigenvalue weighted by Gasteiger charge is 2.44. The summed E-state index contributed by atoms with van der Waals surface area (Å²) in [4.78, 5) is 274. The molecule has 2 saturated heterocycles. The maximum atomic E-state index is 14.9. The first-order chi connectivity index (χ1) is 63.1. The Hall–Kier alpha value is -13.5. The van der Waals surface area contributed by atoms with Crippen molar-refractivity contribution in [3.05, 3.63) is 120 Å². The minimum Gasteiger partial charge on any atom is -0.508 e. The van der Waals surface area contributed by atoms with Gasteiger partial charge in [0.15, 0.2) is 5.96 Å². The Morgan fingerprint density at radius 3 is 1.60 bits per heavy atom. The van der Waals surface area contributed by atoms with Crippen LogP contribution in [0.1, 0.15) is 135 Å². The summed E-state index contributed by atoms with van der Waals surface area (Å²) < 4.78 is -1.48. The van der Waals surface area contributed by atoms with E-state index in [9.17, 15) is 106 Å². The van der Waals surface area contributed by atoms with Crippen LogP contribution in [-0.4, -0.2) is 293 Å². The van der Waals surface area contributed by atoms with Crippen LogP contribution in [0.15, 0.2) is 102 Å². The van der Waals surface area contributed by atoms with E-state index in [1.54, 1.807) is 74.5 Å². The number of nitrogens with two attached hydrogens (primary N) is 5. The molecule has 732 valence electrons. The number of imidazole rings is 1. The molecular formula is C86H124N24O22S2. The first-order valence-corrected chi connectivity index (χ1v) is 44.4. The molecule has 28 N–H and O–H groups in total. The van der Waals surface area contributed by atoms with Crippen molar-refractivity contribution in [2.45, 2.75) is 233 Å². The molecule has 1 aromatic heterocycles. The van der Waals surface area contributed by atoms with Gasteiger partial charge in [0.25, 0.3) is 0 Å². The van der Waals surface area contributed by atoms with Gasteiger partial charge < -0.3 is 133 Å². The molecule has 14 atom stereocenters. The number of aromatic nitrogens is 2. The molecule has 0 unspecified atom stereocenters. The number of aliphatic hydroxyl groups excluding tert-OH is 1. The fourth-order valence-electron chi connectivity index (χ4n) is 14.4. The number of likely N-dealkylation sites (tertiary alicyclic amines) is 2. The molecule has 0 bridgehead atoms. The number of carbonyl (C=O) groups is 19. The van der Waals surface area contributed by atoms with Crippen LogP contribution in [0.2, 0.25) is 0 Å². The minimum atomic E-state index is -1.87. The number of rotatable bonds is 53. The Kier molecular flexibility index (Phi) is 42.9. The van der Waals surface area contributed by atoms with Crippen LogP contribution in [0.25, 0.3) is 0 Å². The van der Waals surface area contributed by atoms with Crippen molar-refractivity contribution in [1.29, 1.82) is 0 Å². The van der Waals surface area contributed by atoms with Gasteiger partial charge in [-0.2, -0.15) is 25.3 Å². The second-order valence-corrected chi connectivity index (χ2v) is 35.5. The lowest BCUT2D eigenvalue weighted by Gasteiger charge is -2.33. The first-order valence-electron chi connectivity index (χ1n) is 43.4. The topological polar surface area (TPSA) is 731 Å². The number of carboxylic acid groups (broad SMARTS) is 1. The number of carboxylic acids is 1. The first kappa shape index (κ1) is 109. The van der Waals surface area contributed by atoms with Crippen LogP contribution in [0.3, 0.4) is 0 Å². The van der Waals surface area contributed by atoms with E-state index >= 15 is 0 Å². The highest BCUT2D eigenvalue weighted by atomic mass is 32.1. The van der Waals surface area contributed by atoms with Crippen LogP contribution in [0, 0.1) is 5.92 Å². The summed E-state index contributed by atoms with van der Waals surface area (Å²) in [5.41, 5.74) is 27.6. The summed E-state index contributed by atoms with van der Waals surface area (Å²) in [5, 5.41) is 66.0. The third-order valence-corrected chi connectivity index (χ3v) is 22.2. The average molecular weight is 1910 g/mol. The number of benzene rings is 3. The number of aliphatic imine (C=N–C) groups is 1. The standard InChI is InChI=1S/C86H124N24O22S2/c1-45(2)33-54(74(122)103-59(36-49-24-26-51(112)27-25-49)81(129)110-32-15-22-61(110)78(126)104-60(43-133)77(125)102-58(38-64(89)114)72(120)96-42-67(117)109-31-16-23-62(109)82(130)131)105-83(132)85(4,5)108-66(116)41-94-71(119)55(34-47-17-10-8-11-18-47)100-75(123)57(37-50-39-92-44-97-50)98-65(115)40-95-79(127)68(46(3)111)106-80(128)69(86(6,7)134)107-76(124)56(35-48-19-12-9-13-20-48)101-73(121)53(21-14-30-93-84(90)91)99-70(118)52(87)28-29-63(88)113/h8-13,17-20,24-27,39,44-46,52-62,68-69,111-112,133-134H,14-16,21-23,28-38,40-43,87H2,1-7H3,(H2,88,113)(H2,89,114)(H,92,97)(H,94,119)(H,95,127)(H,96,120)(H,98,115)(H,99,118)(H,100,123)(H,101,121)(H,102,125)(H,103,122)(H,104,126)(H,105,132)(H,106,128)(H,107,124)(H,108,116)(H,130,131)(H4,90,91,93)/t46-,52+,53+,54+,55+,56+,57+,58+,59+,60+,61+,62+,68+,69-/m1/s1. The summed E-state index contributed by atoms with van der Waals surface area (Å²) >= 11 is 8.84. The van der Waals surface area contributed by atoms with Gasteiger partial charge in [-0.25, -0.2) is 9.78 Å². The van der Waals surface area contributed by atoms with Crippen LogP contribution in [0.5, 0.6) is 5.75 Å². The summed E-state index contributed by atoms with van der Waals surface area (Å²) in [5.74, 6) is -19.1. The van der Waals surface area contributed by atoms with Crippen LogP contribution >= 0.6 is 25.3 Å². The number of amides is 18. The van der Waals surface area contributed by atoms with Crippen molar-refractivity contribution in [2.24, 2.45) is 39.6 Å². The number of aromatic hydroxyl groups is 1. The van der Waals surface area contributed by atoms with Crippen LogP contribution in [-0.2, 0) is 117 Å². The summed E-state index contributed by atoms with van der Waals surface area (Å²) in [6.07, 6.45) is -0.272. The number of guanidine groups is 1. The molecule has 0 saturated carbocycles. The van der Waals surface area contributed by atoms with E-state index in [2.05, 4.69) is 115 Å². The molecule has 48 heteroatoms. The maximum absolute atomic E-state index is 14.9. The van der Waals surface area contributed by atoms with Gasteiger partial charge in [-0.15, -0.1) is 0 Å². The number of hydrogen-bond donors (Lipinski definition) is 25. The maximum Gasteiger partial charge on any atom is 0.326 e. The average Bonchev–Trinajstić information content (AvgIpc) is 1.59. The molecule has 134 heavy (non-hydrogen) atoms. The van der Waals surface area contributed by atoms with E-state index in [0.29, 0.717) is 28.8 Å². The lowest BCUT2D eigenvalue weighted by Crippen LogP contribution is -2.64. The van der Waals surface area contributed by atoms with Gasteiger partial charge in [-0.1, -0.05) is 86.6 Å². The smallest absolute Gasteiger partial charge is 0.326 e. The lowest BCUT2D eigenvalue weighted by molar-refractivity contribution is -0.148. The molecule has 0 spiro atoms. The van der Waals surface area contributed by atoms with Crippen LogP contribution in [0.4, 0.5) is 0 Å². The highest BCUT2D eigenvalue weighted by Crippen LogP contribution is 2.24. The van der Waals surface area contributed by atoms with E-state index in [1.165, 1.54) is 69.4 Å². The number of aromatic amines is 1. The molecule has 2 aliphatic rings. The van der Waals surface area contributed by atoms with Crippen molar-refractivity contribution in [1.82, 2.24) is 94.2 Å². The Morgan fingerprint density at radius 1 is 0.537 bits per heavy atom. The lowest BCUT2D eigenvalue weighted by atomic mass is 9.98. The molecule has 3 aromatic carbocycles. The number of carbonyl (C=O) groups excluding carboxylic acids is 18. The largest absolute Gasteiger partial charge is 0.508 e. The number of primary amides is 2. The molecular weight excluding hydrogens is 1790 g/mol. The van der Waals surface area contributed by atoms with Crippen molar-refractivity contribution in [3.8, 4) is 5.75 Å². The predicted molar refractivity (Wildman–Crippen MR) is 490 cm³/mol. The number of hydrogen-bond acceptors (Lipinski definition) is 26. The van der Waals surface area contributed by atoms with Crippen molar-refractivity contribution in [2.75, 3.05) is 45.0 Å². The number of nitrogens with one attached hydrogen (secondary N) is 15. The van der Waals surface area contributed by atoms with Gasteiger partial charge >= 0.3 is 5.97 Å². The van der Waals surface area contributed by atoms with Crippen molar-refractivity contribution < 1.29 is 106 Å². The second kappa shape index (κ2) is 52.7. The number of H-pyrrole nitrogens is 1. The van der Waals surface area contributed by atoms with Gasteiger partial charge in [-0.05, 0) is 121 Å². The molecule has 2 aliphatic heterocycles. The normalized spacial score (nSPS) is 16.3. The number of thiol groups is 2. The quantitative estimate of drug-likeness (QED) is 0.00845. The zero-order valence-electron chi connectivity index (χ0n) is 75.4. The van der Waals surface area contributed by atoms with E-state index in [4.69, 9.17) is 28.7 Å². The van der Waals surface area contributed by atoms with Gasteiger partial charge in [-0.3, -0.25) is 91.3 Å². The van der Waals surface area contributed by atoms with E-state index in [0.717, 1.165) is 11.8 Å². The minimum absolute atomic E-state index is 0.0282. The fourth-order valence-corrected chi connectivity index (χ4v) is 14.9. The molecule has 2 fully saturated rings. The molecule has 0 aliphatic carbocycles. The van der Waals surface area contributed by atoms with Gasteiger partial charge in [0.2, 0.25) is 106 Å². The number of aliphatic hydroxyl groups is 1. The third-order valence-electron chi connectivity index (χ3n) is 21.5.